The summed E-state index contributed by atoms with van der Waals surface area (Å²) in [5.74, 6) is -0.219. The summed E-state index contributed by atoms with van der Waals surface area (Å²) in [5.41, 5.74) is 0.350. The lowest BCUT2D eigenvalue weighted by Crippen LogP contribution is -2.16. The van der Waals surface area contributed by atoms with Crippen molar-refractivity contribution >= 4 is 33.4 Å². The zero-order valence-corrected chi connectivity index (χ0v) is 12.6. The molecule has 9 nitrogen and oxygen atoms in total. The maximum absolute atomic E-state index is 11.8. The van der Waals surface area contributed by atoms with E-state index in [4.69, 9.17) is 5.14 Å². The van der Waals surface area contributed by atoms with Crippen LogP contribution in [-0.2, 0) is 21.9 Å². The zero-order valence-electron chi connectivity index (χ0n) is 10.9. The molecule has 21 heavy (non-hydrogen) atoms. The van der Waals surface area contributed by atoms with Crippen LogP contribution in [0, 0.1) is 0 Å². The van der Waals surface area contributed by atoms with Crippen molar-refractivity contribution in [1.29, 1.82) is 0 Å². The number of nitrogens with one attached hydrogen (secondary N) is 1. The molecule has 0 fully saturated rings. The second-order valence-electron chi connectivity index (χ2n) is 3.99. The van der Waals surface area contributed by atoms with Gasteiger partial charge in [-0.2, -0.15) is 0 Å². The highest BCUT2D eigenvalue weighted by atomic mass is 32.2. The molecule has 112 valence electrons. The Morgan fingerprint density at radius 2 is 2.24 bits per heavy atom. The first-order valence-electron chi connectivity index (χ1n) is 5.64. The highest BCUT2D eigenvalue weighted by Gasteiger charge is 2.11. The number of anilines is 1. The van der Waals surface area contributed by atoms with E-state index in [2.05, 4.69) is 20.8 Å². The van der Waals surface area contributed by atoms with Gasteiger partial charge in [0.25, 0.3) is 0 Å². The molecule has 1 heterocycles. The molecule has 11 heteroatoms. The number of hydrogen-bond acceptors (Lipinski definition) is 7. The summed E-state index contributed by atoms with van der Waals surface area (Å²) in [6, 6.07) is 5.71. The second kappa shape index (κ2) is 6.20. The first-order valence-corrected chi connectivity index (χ1v) is 8.17. The van der Waals surface area contributed by atoms with Gasteiger partial charge in [0.2, 0.25) is 21.1 Å². The van der Waals surface area contributed by atoms with Crippen molar-refractivity contribution in [3.63, 3.8) is 0 Å². The third kappa shape index (κ3) is 4.24. The van der Waals surface area contributed by atoms with E-state index in [0.717, 1.165) is 11.8 Å². The second-order valence-corrected chi connectivity index (χ2v) is 6.50. The van der Waals surface area contributed by atoms with Gasteiger partial charge >= 0.3 is 0 Å². The molecule has 1 aromatic carbocycles. The number of amides is 1. The van der Waals surface area contributed by atoms with Gasteiger partial charge in [-0.05, 0) is 28.6 Å². The van der Waals surface area contributed by atoms with Gasteiger partial charge in [0.1, 0.15) is 0 Å². The SMILES string of the molecule is Cn1nnnc1SCC(=O)Nc1cccc(S(N)(=O)=O)c1. The summed E-state index contributed by atoms with van der Waals surface area (Å²) >= 11 is 1.16. The number of rotatable bonds is 5. The Balaban J connectivity index is 1.98. The Kier molecular flexibility index (Phi) is 4.55. The molecule has 0 aliphatic rings. The fourth-order valence-corrected chi connectivity index (χ4v) is 2.63. The van der Waals surface area contributed by atoms with Crippen molar-refractivity contribution < 1.29 is 13.2 Å². The van der Waals surface area contributed by atoms with E-state index in [1.54, 1.807) is 13.1 Å². The summed E-state index contributed by atoms with van der Waals surface area (Å²) < 4.78 is 23.9. The van der Waals surface area contributed by atoms with Crippen molar-refractivity contribution in [2.45, 2.75) is 10.1 Å². The van der Waals surface area contributed by atoms with Gasteiger partial charge in [0, 0.05) is 12.7 Å². The Bertz CT molecular complexity index is 758. The Morgan fingerprint density at radius 1 is 1.48 bits per heavy atom. The topological polar surface area (TPSA) is 133 Å². The lowest BCUT2D eigenvalue weighted by molar-refractivity contribution is -0.113. The molecule has 0 bridgehead atoms. The predicted molar refractivity (Wildman–Crippen MR) is 76.0 cm³/mol. The average Bonchev–Trinajstić information content (AvgIpc) is 2.81. The number of carbonyl (C=O) groups excluding carboxylic acids is 1. The van der Waals surface area contributed by atoms with E-state index in [0.29, 0.717) is 10.8 Å². The van der Waals surface area contributed by atoms with Crippen LogP contribution in [0.5, 0.6) is 0 Å². The van der Waals surface area contributed by atoms with Crippen LogP contribution in [-0.4, -0.2) is 40.3 Å². The summed E-state index contributed by atoms with van der Waals surface area (Å²) in [4.78, 5) is 11.7. The molecule has 0 saturated carbocycles. The molecule has 0 unspecified atom stereocenters. The van der Waals surface area contributed by atoms with Crippen LogP contribution in [0.3, 0.4) is 0 Å². The fourth-order valence-electron chi connectivity index (χ4n) is 1.42. The van der Waals surface area contributed by atoms with Crippen LogP contribution >= 0.6 is 11.8 Å². The molecule has 1 aromatic heterocycles. The van der Waals surface area contributed by atoms with E-state index >= 15 is 0 Å². The minimum atomic E-state index is -3.80. The fraction of sp³-hybridized carbons (Fsp3) is 0.200. The number of carbonyl (C=O) groups is 1. The van der Waals surface area contributed by atoms with Crippen molar-refractivity contribution in [1.82, 2.24) is 20.2 Å². The van der Waals surface area contributed by atoms with Crippen molar-refractivity contribution in [2.24, 2.45) is 12.2 Å². The predicted octanol–water partition coefficient (Wildman–Crippen LogP) is -0.412. The molecule has 0 aliphatic heterocycles. The molecule has 3 N–H and O–H groups in total. The smallest absolute Gasteiger partial charge is 0.238 e. The highest BCUT2D eigenvalue weighted by Crippen LogP contribution is 2.16. The number of nitrogens with zero attached hydrogens (tertiary/aromatic N) is 4. The first kappa shape index (κ1) is 15.4. The number of sulfonamides is 1. The zero-order chi connectivity index (χ0) is 15.5. The molecule has 0 spiro atoms. The number of benzene rings is 1. The van der Waals surface area contributed by atoms with Crippen LogP contribution in [0.2, 0.25) is 0 Å². The lowest BCUT2D eigenvalue weighted by Gasteiger charge is -2.06. The van der Waals surface area contributed by atoms with Crippen LogP contribution < -0.4 is 10.5 Å². The lowest BCUT2D eigenvalue weighted by atomic mass is 10.3. The van der Waals surface area contributed by atoms with Gasteiger partial charge < -0.3 is 5.32 Å². The molecule has 2 rings (SSSR count). The molecule has 0 aliphatic carbocycles. The van der Waals surface area contributed by atoms with Gasteiger partial charge in [-0.1, -0.05) is 17.8 Å². The summed E-state index contributed by atoms with van der Waals surface area (Å²) in [7, 11) is -2.14. The maximum atomic E-state index is 11.8. The molecule has 0 atom stereocenters. The van der Waals surface area contributed by atoms with Gasteiger partial charge in [-0.25, -0.2) is 18.2 Å². The molecular formula is C10H12N6O3S2. The van der Waals surface area contributed by atoms with E-state index in [1.165, 1.54) is 22.9 Å². The quantitative estimate of drug-likeness (QED) is 0.713. The van der Waals surface area contributed by atoms with Gasteiger partial charge in [-0.15, -0.1) is 5.10 Å². The van der Waals surface area contributed by atoms with Crippen LogP contribution in [0.1, 0.15) is 0 Å². The molecule has 2 aromatic rings. The number of tetrazole rings is 1. The Labute approximate surface area is 125 Å². The summed E-state index contributed by atoms with van der Waals surface area (Å²) in [6.45, 7) is 0. The number of aromatic nitrogens is 4. The van der Waals surface area contributed by atoms with Crippen LogP contribution in [0.15, 0.2) is 34.3 Å². The van der Waals surface area contributed by atoms with E-state index in [1.807, 2.05) is 0 Å². The third-order valence-electron chi connectivity index (χ3n) is 2.36. The van der Waals surface area contributed by atoms with Gasteiger partial charge in [0.15, 0.2) is 0 Å². The van der Waals surface area contributed by atoms with Gasteiger partial charge in [0.05, 0.1) is 10.6 Å². The maximum Gasteiger partial charge on any atom is 0.238 e. The van der Waals surface area contributed by atoms with Crippen molar-refractivity contribution in [3.8, 4) is 0 Å². The Hall–Kier alpha value is -1.98. The highest BCUT2D eigenvalue weighted by molar-refractivity contribution is 7.99. The van der Waals surface area contributed by atoms with Crippen LogP contribution in [0.25, 0.3) is 0 Å². The normalized spacial score (nSPS) is 11.3. The Morgan fingerprint density at radius 3 is 2.86 bits per heavy atom. The molecular weight excluding hydrogens is 316 g/mol. The molecule has 1 amide bonds. The molecule has 0 radical (unpaired) electrons. The number of aryl methyl sites for hydroxylation is 1. The van der Waals surface area contributed by atoms with Crippen molar-refractivity contribution in [3.05, 3.63) is 24.3 Å². The monoisotopic (exact) mass is 328 g/mol. The summed E-state index contributed by atoms with van der Waals surface area (Å²) in [6.07, 6.45) is 0. The molecule has 0 saturated heterocycles. The van der Waals surface area contributed by atoms with E-state index in [9.17, 15) is 13.2 Å². The minimum Gasteiger partial charge on any atom is -0.325 e. The summed E-state index contributed by atoms with van der Waals surface area (Å²) in [5, 5.41) is 18.9. The number of hydrogen-bond donors (Lipinski definition) is 2. The largest absolute Gasteiger partial charge is 0.325 e. The number of primary sulfonamides is 1. The number of nitrogens with two attached hydrogens (primary N) is 1. The number of thioether (sulfide) groups is 1. The van der Waals surface area contributed by atoms with Gasteiger partial charge in [-0.3, -0.25) is 4.79 Å². The van der Waals surface area contributed by atoms with E-state index in [-0.39, 0.29) is 16.6 Å². The first-order chi connectivity index (χ1) is 9.86. The standard InChI is InChI=1S/C10H12N6O3S2/c1-16-10(13-14-15-16)20-6-9(17)12-7-3-2-4-8(5-7)21(11,18)19/h2-5H,6H2,1H3,(H,12,17)(H2,11,18,19). The van der Waals surface area contributed by atoms with Crippen molar-refractivity contribution in [2.75, 3.05) is 11.1 Å². The minimum absolute atomic E-state index is 0.0644. The van der Waals surface area contributed by atoms with E-state index < -0.39 is 10.0 Å². The average molecular weight is 328 g/mol. The third-order valence-corrected chi connectivity index (χ3v) is 4.28. The van der Waals surface area contributed by atoms with Crippen LogP contribution in [0.4, 0.5) is 5.69 Å².